The number of nitrogens with zero attached hydrogens (tertiary/aromatic N) is 3. The molecule has 2 unspecified atom stereocenters. The Hall–Kier alpha value is -2.21. The van der Waals surface area contributed by atoms with Gasteiger partial charge in [0.2, 0.25) is 0 Å². The van der Waals surface area contributed by atoms with Crippen LogP contribution in [0.5, 0.6) is 0 Å². The highest BCUT2D eigenvalue weighted by Crippen LogP contribution is 2.26. The van der Waals surface area contributed by atoms with Crippen molar-refractivity contribution in [1.29, 1.82) is 0 Å². The van der Waals surface area contributed by atoms with Gasteiger partial charge in [0.15, 0.2) is 5.78 Å². The number of fused-ring (bicyclic) bond motifs is 1. The molecule has 5 rings (SSSR count). The molecule has 0 saturated carbocycles. The largest absolute Gasteiger partial charge is 0.324 e. The molecule has 2 aliphatic heterocycles. The lowest BCUT2D eigenvalue weighted by molar-refractivity contribution is 0.0826. The number of ketones is 1. The van der Waals surface area contributed by atoms with Crippen molar-refractivity contribution in [3.05, 3.63) is 64.4 Å². The number of hydrogen-bond acceptors (Lipinski definition) is 4. The first-order valence-electron chi connectivity index (χ1n) is 10.8. The molecule has 2 atom stereocenters. The van der Waals surface area contributed by atoms with Gasteiger partial charge in [-0.15, -0.1) is 0 Å². The molecule has 1 N–H and O–H groups in total. The van der Waals surface area contributed by atoms with Gasteiger partial charge in [-0.25, -0.2) is 4.98 Å². The first-order valence-corrected chi connectivity index (χ1v) is 11.2. The second-order valence-corrected chi connectivity index (χ2v) is 8.92. The van der Waals surface area contributed by atoms with Gasteiger partial charge in [0.1, 0.15) is 5.82 Å². The number of imidazole rings is 1. The van der Waals surface area contributed by atoms with Gasteiger partial charge < -0.3 is 9.88 Å². The third-order valence-electron chi connectivity index (χ3n) is 6.58. The maximum Gasteiger partial charge on any atom is 0.179 e. The molecule has 3 heterocycles. The predicted octanol–water partition coefficient (Wildman–Crippen LogP) is 4.06. The average molecular weight is 423 g/mol. The van der Waals surface area contributed by atoms with Gasteiger partial charge in [0.05, 0.1) is 17.1 Å². The topological polar surface area (TPSA) is 50.2 Å². The zero-order valence-corrected chi connectivity index (χ0v) is 18.0. The number of likely N-dealkylation sites (tertiary alicyclic amines) is 1. The number of benzene rings is 2. The quantitative estimate of drug-likeness (QED) is 0.630. The van der Waals surface area contributed by atoms with Crippen molar-refractivity contribution in [3.8, 4) is 0 Å². The molecule has 1 aromatic heterocycles. The average Bonchev–Trinajstić information content (AvgIpc) is 3.49. The summed E-state index contributed by atoms with van der Waals surface area (Å²) in [4.78, 5) is 20.3. The molecule has 0 spiro atoms. The fraction of sp³-hybridized carbons (Fsp3) is 0.417. The molecule has 30 heavy (non-hydrogen) atoms. The second-order valence-electron chi connectivity index (χ2n) is 8.48. The lowest BCUT2D eigenvalue weighted by atomic mass is 10.00. The number of hydrogen-bond donors (Lipinski definition) is 1. The third-order valence-corrected chi connectivity index (χ3v) is 6.82. The first kappa shape index (κ1) is 19.7. The van der Waals surface area contributed by atoms with Crippen molar-refractivity contribution in [2.45, 2.75) is 44.8 Å². The number of halogens is 1. The van der Waals surface area contributed by atoms with E-state index in [1.54, 1.807) is 0 Å². The summed E-state index contributed by atoms with van der Waals surface area (Å²) in [5.41, 5.74) is 3.95. The van der Waals surface area contributed by atoms with Crippen molar-refractivity contribution in [1.82, 2.24) is 19.8 Å². The van der Waals surface area contributed by atoms with Crippen LogP contribution in [0, 0.1) is 6.92 Å². The lowest BCUT2D eigenvalue weighted by Gasteiger charge is -2.29. The van der Waals surface area contributed by atoms with Crippen LogP contribution in [0.3, 0.4) is 0 Å². The van der Waals surface area contributed by atoms with Gasteiger partial charge in [-0.2, -0.15) is 0 Å². The Morgan fingerprint density at radius 1 is 1.20 bits per heavy atom. The summed E-state index contributed by atoms with van der Waals surface area (Å²) in [7, 11) is 0. The molecule has 156 valence electrons. The molecule has 2 aliphatic rings. The monoisotopic (exact) mass is 422 g/mol. The van der Waals surface area contributed by atoms with Crippen LogP contribution in [0.2, 0.25) is 5.02 Å². The summed E-state index contributed by atoms with van der Waals surface area (Å²) in [5, 5.41) is 4.14. The molecule has 6 heteroatoms. The number of Topliss-reactive ketones (excluding diaryl/α,β-unsaturated/α-hetero) is 1. The first-order chi connectivity index (χ1) is 14.6. The van der Waals surface area contributed by atoms with Gasteiger partial charge >= 0.3 is 0 Å². The summed E-state index contributed by atoms with van der Waals surface area (Å²) < 4.78 is 2.17. The highest BCUT2D eigenvalue weighted by molar-refractivity contribution is 6.31. The van der Waals surface area contributed by atoms with Crippen LogP contribution in [0.25, 0.3) is 11.0 Å². The van der Waals surface area contributed by atoms with E-state index in [1.807, 2.05) is 37.3 Å². The maximum absolute atomic E-state index is 13.2. The van der Waals surface area contributed by atoms with Crippen LogP contribution in [0.15, 0.2) is 42.5 Å². The molecule has 2 aromatic carbocycles. The zero-order valence-electron chi connectivity index (χ0n) is 17.3. The Kier molecular flexibility index (Phi) is 5.35. The van der Waals surface area contributed by atoms with Crippen molar-refractivity contribution >= 4 is 28.4 Å². The maximum atomic E-state index is 13.2. The molecular weight excluding hydrogens is 396 g/mol. The Balaban J connectivity index is 1.34. The van der Waals surface area contributed by atoms with E-state index in [1.165, 1.54) is 0 Å². The minimum Gasteiger partial charge on any atom is -0.324 e. The Labute approximate surface area is 182 Å². The van der Waals surface area contributed by atoms with E-state index in [0.29, 0.717) is 17.6 Å². The third kappa shape index (κ3) is 3.66. The Morgan fingerprint density at radius 2 is 2.03 bits per heavy atom. The van der Waals surface area contributed by atoms with E-state index in [2.05, 4.69) is 31.9 Å². The van der Waals surface area contributed by atoms with Crippen molar-refractivity contribution in [2.75, 3.05) is 19.6 Å². The fourth-order valence-corrected chi connectivity index (χ4v) is 5.16. The van der Waals surface area contributed by atoms with Gasteiger partial charge in [0, 0.05) is 29.7 Å². The van der Waals surface area contributed by atoms with Crippen molar-refractivity contribution < 1.29 is 4.79 Å². The van der Waals surface area contributed by atoms with E-state index < -0.39 is 0 Å². The molecule has 5 nitrogen and oxygen atoms in total. The normalized spacial score (nSPS) is 22.2. The van der Waals surface area contributed by atoms with Crippen molar-refractivity contribution in [3.63, 3.8) is 0 Å². The molecular formula is C24H27ClN4O. The number of rotatable bonds is 5. The van der Waals surface area contributed by atoms with E-state index in [0.717, 1.165) is 66.9 Å². The Morgan fingerprint density at radius 3 is 2.80 bits per heavy atom. The van der Waals surface area contributed by atoms with E-state index >= 15 is 0 Å². The van der Waals surface area contributed by atoms with Gasteiger partial charge in [0.25, 0.3) is 0 Å². The standard InChI is InChI=1S/C24H27ClN4O/c1-16-27-21-9-8-19(25)13-23(21)29(16)15-17-4-6-18(7-5-17)24(30)22-3-2-12-28(22)20-10-11-26-14-20/h4-9,13,20,22,26H,2-3,10-12,14-15H2,1H3. The minimum absolute atomic E-state index is 0.0303. The van der Waals surface area contributed by atoms with Crippen molar-refractivity contribution in [2.24, 2.45) is 0 Å². The molecule has 0 amide bonds. The molecule has 0 aliphatic carbocycles. The van der Waals surface area contributed by atoms with Crippen LogP contribution in [0.1, 0.15) is 41.0 Å². The minimum atomic E-state index is 0.0303. The second kappa shape index (κ2) is 8.14. The Bertz CT molecular complexity index is 1070. The van der Waals surface area contributed by atoms with Crippen LogP contribution < -0.4 is 5.32 Å². The van der Waals surface area contributed by atoms with E-state index in [-0.39, 0.29) is 11.8 Å². The predicted molar refractivity (Wildman–Crippen MR) is 120 cm³/mol. The number of carbonyl (C=O) groups excluding carboxylic acids is 1. The molecule has 2 fully saturated rings. The van der Waals surface area contributed by atoms with Crippen LogP contribution in [0.4, 0.5) is 0 Å². The highest BCUT2D eigenvalue weighted by atomic mass is 35.5. The van der Waals surface area contributed by atoms with Gasteiger partial charge in [-0.3, -0.25) is 9.69 Å². The van der Waals surface area contributed by atoms with Crippen LogP contribution in [-0.4, -0.2) is 52.0 Å². The molecule has 3 aromatic rings. The summed E-state index contributed by atoms with van der Waals surface area (Å²) in [6.45, 7) is 5.82. The summed E-state index contributed by atoms with van der Waals surface area (Å²) in [6, 6.07) is 14.4. The number of aromatic nitrogens is 2. The van der Waals surface area contributed by atoms with E-state index in [9.17, 15) is 4.79 Å². The number of aryl methyl sites for hydroxylation is 1. The summed E-state index contributed by atoms with van der Waals surface area (Å²) in [5.74, 6) is 1.22. The number of nitrogens with one attached hydrogen (secondary N) is 1. The molecule has 2 saturated heterocycles. The van der Waals surface area contributed by atoms with Crippen LogP contribution in [-0.2, 0) is 6.54 Å². The summed E-state index contributed by atoms with van der Waals surface area (Å²) in [6.07, 6.45) is 3.23. The van der Waals surface area contributed by atoms with Gasteiger partial charge in [-0.05, 0) is 63.0 Å². The van der Waals surface area contributed by atoms with Gasteiger partial charge in [-0.1, -0.05) is 35.9 Å². The highest BCUT2D eigenvalue weighted by Gasteiger charge is 2.36. The lowest BCUT2D eigenvalue weighted by Crippen LogP contribution is -2.44. The number of carbonyl (C=O) groups is 1. The zero-order chi connectivity index (χ0) is 20.7. The SMILES string of the molecule is Cc1nc2ccc(Cl)cc2n1Cc1ccc(C(=O)C2CCCN2C2CCNC2)cc1. The van der Waals surface area contributed by atoms with E-state index in [4.69, 9.17) is 11.6 Å². The fourth-order valence-electron chi connectivity index (χ4n) is 5.00. The smallest absolute Gasteiger partial charge is 0.179 e. The molecule has 0 radical (unpaired) electrons. The van der Waals surface area contributed by atoms with Crippen LogP contribution >= 0.6 is 11.6 Å². The molecule has 0 bridgehead atoms. The summed E-state index contributed by atoms with van der Waals surface area (Å²) >= 11 is 6.19.